The molecule has 0 radical (unpaired) electrons. The van der Waals surface area contributed by atoms with Gasteiger partial charge in [-0.25, -0.2) is 0 Å². The van der Waals surface area contributed by atoms with Gasteiger partial charge in [0.15, 0.2) is 0 Å². The maximum Gasteiger partial charge on any atom is 0.103 e. The summed E-state index contributed by atoms with van der Waals surface area (Å²) < 4.78 is 1.01. The Kier molecular flexibility index (Phi) is 4.35. The van der Waals surface area contributed by atoms with Crippen molar-refractivity contribution in [1.29, 1.82) is 0 Å². The number of aliphatic hydroxyl groups is 1. The van der Waals surface area contributed by atoms with Crippen molar-refractivity contribution in [1.82, 2.24) is 0 Å². The molecule has 14 heavy (non-hydrogen) atoms. The maximum absolute atomic E-state index is 10.2. The Balaban J connectivity index is 2.99. The van der Waals surface area contributed by atoms with E-state index in [0.29, 0.717) is 11.8 Å². The van der Waals surface area contributed by atoms with Crippen LogP contribution < -0.4 is 0 Å². The highest BCUT2D eigenvalue weighted by Gasteiger charge is 2.25. The second kappa shape index (κ2) is 5.10. The molecule has 76 valence electrons. The Hall–Kier alpha value is -0.120. The molecule has 0 fully saturated rings. The van der Waals surface area contributed by atoms with E-state index in [-0.39, 0.29) is 0 Å². The fourth-order valence-electron chi connectivity index (χ4n) is 1.25. The molecule has 3 heteroatoms. The fourth-order valence-corrected chi connectivity index (χ4v) is 2.07. The Bertz CT molecular complexity index is 308. The molecule has 0 saturated carbocycles. The molecule has 0 spiro atoms. The summed E-state index contributed by atoms with van der Waals surface area (Å²) in [7, 11) is 0. The quantitative estimate of drug-likeness (QED) is 0.664. The first-order valence-electron chi connectivity index (χ1n) is 4.27. The molecular weight excluding hydrogens is 308 g/mol. The minimum atomic E-state index is -0.845. The van der Waals surface area contributed by atoms with Gasteiger partial charge in [-0.05, 0) is 24.1 Å². The molecule has 0 aliphatic rings. The summed E-state index contributed by atoms with van der Waals surface area (Å²) >= 11 is 6.68. The van der Waals surface area contributed by atoms with E-state index >= 15 is 0 Å². The lowest BCUT2D eigenvalue weighted by Crippen LogP contribution is -2.26. The molecule has 0 aliphatic carbocycles. The molecule has 1 N–H and O–H groups in total. The molecule has 0 bridgehead atoms. The first-order valence-corrected chi connectivity index (χ1v) is 6.19. The van der Waals surface area contributed by atoms with E-state index in [0.717, 1.165) is 10.0 Å². The number of benzene rings is 1. The van der Waals surface area contributed by atoms with Gasteiger partial charge in [0.25, 0.3) is 0 Å². The van der Waals surface area contributed by atoms with E-state index in [2.05, 4.69) is 38.4 Å². The van der Waals surface area contributed by atoms with E-state index < -0.39 is 5.60 Å². The Labute approximate surface area is 101 Å². The largest absolute Gasteiger partial charge is 0.384 e. The second-order valence-electron chi connectivity index (χ2n) is 3.16. The van der Waals surface area contributed by atoms with Crippen molar-refractivity contribution in [3.05, 3.63) is 47.0 Å². The third-order valence-electron chi connectivity index (χ3n) is 2.08. The summed E-state index contributed by atoms with van der Waals surface area (Å²) in [6.07, 6.45) is 2.27. The van der Waals surface area contributed by atoms with Crippen LogP contribution in [-0.2, 0) is 5.60 Å². The maximum atomic E-state index is 10.2. The Morgan fingerprint density at radius 3 is 2.36 bits per heavy atom. The molecule has 1 atom stereocenters. The topological polar surface area (TPSA) is 20.2 Å². The number of hydrogen-bond acceptors (Lipinski definition) is 1. The lowest BCUT2D eigenvalue weighted by molar-refractivity contribution is 0.0673. The average Bonchev–Trinajstić information content (AvgIpc) is 2.19. The van der Waals surface area contributed by atoms with E-state index in [1.165, 1.54) is 0 Å². The van der Waals surface area contributed by atoms with Crippen LogP contribution in [0.4, 0.5) is 0 Å². The van der Waals surface area contributed by atoms with Gasteiger partial charge < -0.3 is 5.11 Å². The molecule has 1 unspecified atom stereocenters. The van der Waals surface area contributed by atoms with Gasteiger partial charge in [0, 0.05) is 9.80 Å². The smallest absolute Gasteiger partial charge is 0.103 e. The van der Waals surface area contributed by atoms with Gasteiger partial charge in [-0.2, -0.15) is 0 Å². The number of alkyl halides is 1. The predicted octanol–water partition coefficient (Wildman–Crippen LogP) is 3.61. The van der Waals surface area contributed by atoms with Crippen LogP contribution in [0.25, 0.3) is 0 Å². The Morgan fingerprint density at radius 1 is 1.36 bits per heavy atom. The number of halogens is 2. The molecule has 1 aromatic rings. The normalized spacial score (nSPS) is 14.8. The van der Waals surface area contributed by atoms with Crippen molar-refractivity contribution in [2.75, 3.05) is 5.33 Å². The van der Waals surface area contributed by atoms with Gasteiger partial charge in [-0.15, -0.1) is 6.58 Å². The zero-order valence-corrected chi connectivity index (χ0v) is 10.9. The van der Waals surface area contributed by atoms with Crippen molar-refractivity contribution < 1.29 is 5.11 Å². The van der Waals surface area contributed by atoms with Crippen LogP contribution in [-0.4, -0.2) is 10.4 Å². The highest BCUT2D eigenvalue weighted by atomic mass is 79.9. The molecule has 0 saturated heterocycles. The van der Waals surface area contributed by atoms with E-state index in [1.807, 2.05) is 24.3 Å². The monoisotopic (exact) mass is 318 g/mol. The highest BCUT2D eigenvalue weighted by Crippen LogP contribution is 2.28. The van der Waals surface area contributed by atoms with Crippen LogP contribution in [0.1, 0.15) is 12.0 Å². The summed E-state index contributed by atoms with van der Waals surface area (Å²) in [6.45, 7) is 3.65. The van der Waals surface area contributed by atoms with Crippen molar-refractivity contribution in [2.45, 2.75) is 12.0 Å². The summed E-state index contributed by atoms with van der Waals surface area (Å²) in [5.41, 5.74) is 0.0556. The number of hydrogen-bond donors (Lipinski definition) is 1. The van der Waals surface area contributed by atoms with E-state index in [9.17, 15) is 5.11 Å². The standard InChI is InChI=1S/C11H12Br2O/c1-2-7-11(14,8-12)9-3-5-10(13)6-4-9/h2-6,14H,1,7-8H2. The van der Waals surface area contributed by atoms with Gasteiger partial charge in [-0.3, -0.25) is 0 Å². The summed E-state index contributed by atoms with van der Waals surface area (Å²) in [4.78, 5) is 0. The van der Waals surface area contributed by atoms with Gasteiger partial charge >= 0.3 is 0 Å². The van der Waals surface area contributed by atoms with Crippen LogP contribution in [0, 0.1) is 0 Å². The summed E-state index contributed by atoms with van der Waals surface area (Å²) in [5, 5.41) is 10.8. The molecule has 0 aliphatic heterocycles. The van der Waals surface area contributed by atoms with Crippen molar-refractivity contribution in [3.8, 4) is 0 Å². The van der Waals surface area contributed by atoms with Gasteiger partial charge in [-0.1, -0.05) is 50.1 Å². The molecular formula is C11H12Br2O. The van der Waals surface area contributed by atoms with Crippen molar-refractivity contribution in [2.24, 2.45) is 0 Å². The van der Waals surface area contributed by atoms with Gasteiger partial charge in [0.05, 0.1) is 0 Å². The average molecular weight is 320 g/mol. The zero-order chi connectivity index (χ0) is 10.6. The second-order valence-corrected chi connectivity index (χ2v) is 4.64. The molecule has 1 aromatic carbocycles. The molecule has 0 aromatic heterocycles. The van der Waals surface area contributed by atoms with Crippen LogP contribution in [0.2, 0.25) is 0 Å². The number of rotatable bonds is 4. The summed E-state index contributed by atoms with van der Waals surface area (Å²) in [6, 6.07) is 7.67. The van der Waals surface area contributed by atoms with E-state index in [1.54, 1.807) is 6.08 Å². The molecule has 0 amide bonds. The van der Waals surface area contributed by atoms with Crippen LogP contribution in [0.5, 0.6) is 0 Å². The van der Waals surface area contributed by atoms with Crippen LogP contribution in [0.3, 0.4) is 0 Å². The lowest BCUT2D eigenvalue weighted by Gasteiger charge is -2.25. The predicted molar refractivity (Wildman–Crippen MR) is 66.6 cm³/mol. The third-order valence-corrected chi connectivity index (χ3v) is 3.54. The third kappa shape index (κ3) is 2.69. The fraction of sp³-hybridized carbons (Fsp3) is 0.273. The van der Waals surface area contributed by atoms with Crippen LogP contribution in [0.15, 0.2) is 41.4 Å². The summed E-state index contributed by atoms with van der Waals surface area (Å²) in [5.74, 6) is 0. The lowest BCUT2D eigenvalue weighted by atomic mass is 9.93. The molecule has 1 rings (SSSR count). The van der Waals surface area contributed by atoms with Crippen LogP contribution >= 0.6 is 31.9 Å². The van der Waals surface area contributed by atoms with E-state index in [4.69, 9.17) is 0 Å². The van der Waals surface area contributed by atoms with Gasteiger partial charge in [0.1, 0.15) is 5.60 Å². The first kappa shape index (κ1) is 12.0. The minimum absolute atomic E-state index is 0.508. The Morgan fingerprint density at radius 2 is 1.93 bits per heavy atom. The molecule has 1 nitrogen and oxygen atoms in total. The molecule has 0 heterocycles. The van der Waals surface area contributed by atoms with Crippen molar-refractivity contribution >= 4 is 31.9 Å². The SMILES string of the molecule is C=CCC(O)(CBr)c1ccc(Br)cc1. The van der Waals surface area contributed by atoms with Gasteiger partial charge in [0.2, 0.25) is 0 Å². The minimum Gasteiger partial charge on any atom is -0.384 e. The van der Waals surface area contributed by atoms with Crippen molar-refractivity contribution in [3.63, 3.8) is 0 Å². The zero-order valence-electron chi connectivity index (χ0n) is 7.71. The highest BCUT2D eigenvalue weighted by molar-refractivity contribution is 9.10. The first-order chi connectivity index (χ1) is 6.62.